The lowest BCUT2D eigenvalue weighted by molar-refractivity contribution is 0.112. The molecule has 1 N–H and O–H groups in total. The van der Waals surface area contributed by atoms with E-state index < -0.39 is 0 Å². The van der Waals surface area contributed by atoms with Crippen LogP contribution in [-0.2, 0) is 6.42 Å². The van der Waals surface area contributed by atoms with Crippen molar-refractivity contribution in [3.8, 4) is 0 Å². The van der Waals surface area contributed by atoms with Gasteiger partial charge < -0.3 is 9.80 Å². The number of urea groups is 1. The summed E-state index contributed by atoms with van der Waals surface area (Å²) in [7, 11) is 2.21. The van der Waals surface area contributed by atoms with Crippen molar-refractivity contribution in [1.82, 2.24) is 14.5 Å². The maximum atomic E-state index is 12.7. The van der Waals surface area contributed by atoms with Crippen molar-refractivity contribution in [2.75, 3.05) is 32.1 Å². The lowest BCUT2D eigenvalue weighted by atomic mass is 9.74. The van der Waals surface area contributed by atoms with Crippen LogP contribution in [-0.4, -0.2) is 59.5 Å². The first kappa shape index (κ1) is 19.0. The highest BCUT2D eigenvalue weighted by molar-refractivity contribution is 5.96. The van der Waals surface area contributed by atoms with E-state index in [1.165, 1.54) is 22.9 Å². The Bertz CT molecular complexity index is 928. The first-order valence-electron chi connectivity index (χ1n) is 10.4. The Labute approximate surface area is 166 Å². The van der Waals surface area contributed by atoms with Crippen LogP contribution in [0.5, 0.6) is 0 Å². The Kier molecular flexibility index (Phi) is 4.91. The summed E-state index contributed by atoms with van der Waals surface area (Å²) in [6.45, 7) is 8.47. The molecular weight excluding hydrogens is 352 g/mol. The van der Waals surface area contributed by atoms with Gasteiger partial charge in [0.15, 0.2) is 0 Å². The summed E-state index contributed by atoms with van der Waals surface area (Å²) in [5, 5.41) is 1.24. The van der Waals surface area contributed by atoms with E-state index in [0.717, 1.165) is 36.9 Å². The zero-order chi connectivity index (χ0) is 20.0. The topological polar surface area (TPSA) is 57.6 Å². The monoisotopic (exact) mass is 382 g/mol. The molecule has 1 aliphatic heterocycles. The van der Waals surface area contributed by atoms with Crippen LogP contribution in [0.4, 0.5) is 4.79 Å². The Balaban J connectivity index is 1.88. The molecular formula is C22H30N4O2. The van der Waals surface area contributed by atoms with Crippen molar-refractivity contribution < 1.29 is 9.59 Å². The summed E-state index contributed by atoms with van der Waals surface area (Å²) in [5.41, 5.74) is 8.35. The standard InChI is InChI=1S/C22H30N4O2/c1-5-25(6-2)22(28)23-26-14(3)17-12-19-16(8-7-9-24(19)4)18-10-15(13-27)11-20(26)21(17)18/h10-11,13,16,19H,5-9,12H2,1-4H3,(H,23,28). The lowest BCUT2D eigenvalue weighted by Gasteiger charge is -2.42. The summed E-state index contributed by atoms with van der Waals surface area (Å²) in [6, 6.07) is 4.34. The van der Waals surface area contributed by atoms with E-state index in [-0.39, 0.29) is 6.03 Å². The van der Waals surface area contributed by atoms with Gasteiger partial charge in [-0.25, -0.2) is 10.2 Å². The zero-order valence-electron chi connectivity index (χ0n) is 17.3. The van der Waals surface area contributed by atoms with Gasteiger partial charge in [-0.2, -0.15) is 0 Å². The second kappa shape index (κ2) is 7.24. The Hall–Kier alpha value is -2.34. The molecule has 0 bridgehead atoms. The number of benzene rings is 1. The molecule has 1 aromatic heterocycles. The summed E-state index contributed by atoms with van der Waals surface area (Å²) in [4.78, 5) is 28.6. The van der Waals surface area contributed by atoms with Gasteiger partial charge in [0.2, 0.25) is 0 Å². The minimum absolute atomic E-state index is 0.108. The third-order valence-electron chi connectivity index (χ3n) is 6.75. The van der Waals surface area contributed by atoms with Crippen LogP contribution in [0.25, 0.3) is 10.9 Å². The van der Waals surface area contributed by atoms with E-state index in [1.54, 1.807) is 4.90 Å². The number of hydrogen-bond donors (Lipinski definition) is 1. The quantitative estimate of drug-likeness (QED) is 0.824. The molecule has 2 aliphatic rings. The number of aromatic nitrogens is 1. The number of likely N-dealkylation sites (tertiary alicyclic amines) is 1. The maximum Gasteiger partial charge on any atom is 0.336 e. The van der Waals surface area contributed by atoms with Crippen LogP contribution >= 0.6 is 0 Å². The Morgan fingerprint density at radius 1 is 1.32 bits per heavy atom. The highest BCUT2D eigenvalue weighted by Crippen LogP contribution is 2.45. The van der Waals surface area contributed by atoms with Gasteiger partial charge in [0.1, 0.15) is 6.29 Å². The minimum Gasteiger partial charge on any atom is -0.324 e. The molecule has 150 valence electrons. The molecule has 2 atom stereocenters. The third-order valence-corrected chi connectivity index (χ3v) is 6.75. The van der Waals surface area contributed by atoms with Crippen LogP contribution in [0.3, 0.4) is 0 Å². The average molecular weight is 383 g/mol. The van der Waals surface area contributed by atoms with Crippen molar-refractivity contribution in [2.24, 2.45) is 0 Å². The molecule has 6 heteroatoms. The van der Waals surface area contributed by atoms with Crippen molar-refractivity contribution >= 4 is 23.2 Å². The Morgan fingerprint density at radius 3 is 2.75 bits per heavy atom. The number of nitrogens with zero attached hydrogens (tertiary/aromatic N) is 3. The molecule has 0 spiro atoms. The predicted octanol–water partition coefficient (Wildman–Crippen LogP) is 3.50. The summed E-state index contributed by atoms with van der Waals surface area (Å²) >= 11 is 0. The molecule has 2 heterocycles. The van der Waals surface area contributed by atoms with Gasteiger partial charge in [-0.1, -0.05) is 0 Å². The summed E-state index contributed by atoms with van der Waals surface area (Å²) in [6.07, 6.45) is 4.25. The molecule has 2 unspecified atom stereocenters. The van der Waals surface area contributed by atoms with Crippen molar-refractivity contribution in [3.05, 3.63) is 34.5 Å². The molecule has 1 aliphatic carbocycles. The van der Waals surface area contributed by atoms with Gasteiger partial charge in [-0.3, -0.25) is 9.47 Å². The first-order valence-corrected chi connectivity index (χ1v) is 10.4. The van der Waals surface area contributed by atoms with Gasteiger partial charge in [0.05, 0.1) is 5.52 Å². The smallest absolute Gasteiger partial charge is 0.324 e. The SMILES string of the molecule is CCN(CC)C(=O)Nn1c(C)c2c3c(cc(C=O)cc31)C1CCCN(C)C1C2. The number of rotatable bonds is 4. The molecule has 2 amide bonds. The van der Waals surface area contributed by atoms with Crippen LogP contribution in [0.15, 0.2) is 12.1 Å². The van der Waals surface area contributed by atoms with Crippen molar-refractivity contribution in [1.29, 1.82) is 0 Å². The van der Waals surface area contributed by atoms with E-state index in [2.05, 4.69) is 30.4 Å². The number of carbonyl (C=O) groups is 2. The molecule has 0 radical (unpaired) electrons. The fraction of sp³-hybridized carbons (Fsp3) is 0.545. The van der Waals surface area contributed by atoms with Crippen molar-refractivity contribution in [3.63, 3.8) is 0 Å². The van der Waals surface area contributed by atoms with Gasteiger partial charge in [0.25, 0.3) is 0 Å². The first-order chi connectivity index (χ1) is 13.5. The molecule has 6 nitrogen and oxygen atoms in total. The van der Waals surface area contributed by atoms with E-state index in [1.807, 2.05) is 24.6 Å². The predicted molar refractivity (Wildman–Crippen MR) is 112 cm³/mol. The summed E-state index contributed by atoms with van der Waals surface area (Å²) in [5.74, 6) is 0.447. The number of nitrogens with one attached hydrogen (secondary N) is 1. The molecule has 4 rings (SSSR count). The maximum absolute atomic E-state index is 12.7. The number of hydrogen-bond acceptors (Lipinski definition) is 3. The molecule has 1 saturated heterocycles. The highest BCUT2D eigenvalue weighted by atomic mass is 16.2. The number of aldehydes is 1. The largest absolute Gasteiger partial charge is 0.336 e. The van der Waals surface area contributed by atoms with Gasteiger partial charge in [0, 0.05) is 41.7 Å². The molecule has 1 fully saturated rings. The number of fused-ring (bicyclic) bond motifs is 2. The number of amides is 2. The molecule has 0 saturated carbocycles. The minimum atomic E-state index is -0.108. The molecule has 28 heavy (non-hydrogen) atoms. The van der Waals surface area contributed by atoms with Crippen LogP contribution in [0, 0.1) is 6.92 Å². The fourth-order valence-electron chi connectivity index (χ4n) is 5.20. The van der Waals surface area contributed by atoms with E-state index >= 15 is 0 Å². The highest BCUT2D eigenvalue weighted by Gasteiger charge is 2.38. The van der Waals surface area contributed by atoms with Gasteiger partial charge >= 0.3 is 6.03 Å². The zero-order valence-corrected chi connectivity index (χ0v) is 17.3. The van der Waals surface area contributed by atoms with Crippen molar-refractivity contribution in [2.45, 2.75) is 52.0 Å². The van der Waals surface area contributed by atoms with Crippen LogP contribution < -0.4 is 5.43 Å². The normalized spacial score (nSPS) is 21.4. The third kappa shape index (κ3) is 2.82. The van der Waals surface area contributed by atoms with Gasteiger partial charge in [-0.05, 0) is 76.9 Å². The number of likely N-dealkylation sites (N-methyl/N-ethyl adjacent to an activating group) is 1. The molecule has 2 aromatic rings. The number of carbonyl (C=O) groups excluding carboxylic acids is 2. The second-order valence-electron chi connectivity index (χ2n) is 8.11. The van der Waals surface area contributed by atoms with E-state index in [9.17, 15) is 9.59 Å². The number of piperidine rings is 1. The average Bonchev–Trinajstić information content (AvgIpc) is 2.96. The lowest BCUT2D eigenvalue weighted by Crippen LogP contribution is -2.44. The van der Waals surface area contributed by atoms with E-state index in [0.29, 0.717) is 30.6 Å². The second-order valence-corrected chi connectivity index (χ2v) is 8.11. The molecule has 1 aromatic carbocycles. The Morgan fingerprint density at radius 2 is 2.07 bits per heavy atom. The van der Waals surface area contributed by atoms with Gasteiger partial charge in [-0.15, -0.1) is 0 Å². The van der Waals surface area contributed by atoms with Crippen LogP contribution in [0.2, 0.25) is 0 Å². The van der Waals surface area contributed by atoms with Crippen LogP contribution in [0.1, 0.15) is 59.8 Å². The van der Waals surface area contributed by atoms with E-state index in [4.69, 9.17) is 0 Å². The summed E-state index contributed by atoms with van der Waals surface area (Å²) < 4.78 is 1.90. The fourth-order valence-corrected chi connectivity index (χ4v) is 5.20.